The van der Waals surface area contributed by atoms with Crippen LogP contribution < -0.4 is 0 Å². The van der Waals surface area contributed by atoms with Crippen LogP contribution in [-0.4, -0.2) is 11.2 Å². The Morgan fingerprint density at radius 1 is 0.967 bits per heavy atom. The molecule has 3 fully saturated rings. The van der Waals surface area contributed by atoms with Gasteiger partial charge in [0.15, 0.2) is 0 Å². The van der Waals surface area contributed by atoms with Gasteiger partial charge in [0.2, 0.25) is 0 Å². The fraction of sp³-hybridized carbons (Fsp3) is 0.931. The predicted molar refractivity (Wildman–Crippen MR) is 128 cm³/mol. The molecule has 3 saturated carbocycles. The molecule has 0 bridgehead atoms. The molecule has 0 aromatic rings. The lowest BCUT2D eigenvalue weighted by Gasteiger charge is -2.57. The number of aliphatic hydroxyl groups excluding tert-OH is 1. The molecule has 4 aliphatic carbocycles. The molecule has 9 atom stereocenters. The quantitative estimate of drug-likeness (QED) is 0.436. The van der Waals surface area contributed by atoms with Crippen LogP contribution in [0.5, 0.6) is 0 Å². The Hall–Kier alpha value is -0.300. The highest BCUT2D eigenvalue weighted by Gasteiger charge is 2.58. The molecule has 4 rings (SSSR count). The van der Waals surface area contributed by atoms with Crippen LogP contribution in [0.1, 0.15) is 112 Å². The van der Waals surface area contributed by atoms with Crippen LogP contribution in [0.2, 0.25) is 0 Å². The van der Waals surface area contributed by atoms with E-state index in [1.54, 1.807) is 0 Å². The standard InChI is InChI=1S/C29H50O/c1-7-21(19(2)3)9-8-20(4)25-12-13-26-24-11-10-22-18-23(30)14-16-28(22,5)27(24)15-17-29(25,26)6/h11,19-23,25-27,30H,7-10,12-18H2,1-6H3/t20-,21?,22?,23-,25+,26+,27+,28-,29+/m0/s1. The molecule has 30 heavy (non-hydrogen) atoms. The van der Waals surface area contributed by atoms with Gasteiger partial charge in [-0.3, -0.25) is 0 Å². The van der Waals surface area contributed by atoms with Crippen molar-refractivity contribution >= 4 is 0 Å². The second kappa shape index (κ2) is 8.57. The lowest BCUT2D eigenvalue weighted by molar-refractivity contribution is -0.0428. The van der Waals surface area contributed by atoms with Crippen molar-refractivity contribution in [2.24, 2.45) is 52.3 Å². The molecular weight excluding hydrogens is 364 g/mol. The Kier molecular flexibility index (Phi) is 6.53. The van der Waals surface area contributed by atoms with Crippen molar-refractivity contribution in [1.29, 1.82) is 0 Å². The molecule has 1 N–H and O–H groups in total. The summed E-state index contributed by atoms with van der Waals surface area (Å²) in [5.74, 6) is 5.92. The van der Waals surface area contributed by atoms with Crippen LogP contribution in [-0.2, 0) is 0 Å². The lowest BCUT2D eigenvalue weighted by Crippen LogP contribution is -2.49. The maximum absolute atomic E-state index is 10.3. The zero-order chi connectivity index (χ0) is 21.7. The van der Waals surface area contributed by atoms with E-state index in [1.807, 2.05) is 5.57 Å². The van der Waals surface area contributed by atoms with Crippen LogP contribution >= 0.6 is 0 Å². The van der Waals surface area contributed by atoms with Gasteiger partial charge in [-0.2, -0.15) is 0 Å². The van der Waals surface area contributed by atoms with Crippen molar-refractivity contribution in [2.45, 2.75) is 118 Å². The summed E-state index contributed by atoms with van der Waals surface area (Å²) in [6, 6.07) is 0. The lowest BCUT2D eigenvalue weighted by atomic mass is 9.47. The first-order chi connectivity index (χ1) is 14.2. The first-order valence-corrected chi connectivity index (χ1v) is 13.6. The summed E-state index contributed by atoms with van der Waals surface area (Å²) in [6.07, 6.45) is 17.2. The molecule has 4 aliphatic rings. The Morgan fingerprint density at radius 3 is 2.37 bits per heavy atom. The molecule has 0 amide bonds. The van der Waals surface area contributed by atoms with Gasteiger partial charge in [0, 0.05) is 0 Å². The molecule has 0 radical (unpaired) electrons. The number of hydrogen-bond donors (Lipinski definition) is 1. The Morgan fingerprint density at radius 2 is 1.67 bits per heavy atom. The fourth-order valence-electron chi connectivity index (χ4n) is 9.15. The van der Waals surface area contributed by atoms with Gasteiger partial charge < -0.3 is 5.11 Å². The van der Waals surface area contributed by atoms with Crippen molar-refractivity contribution in [3.05, 3.63) is 11.6 Å². The number of aliphatic hydroxyl groups is 1. The van der Waals surface area contributed by atoms with Crippen LogP contribution in [0, 0.1) is 52.3 Å². The molecule has 0 aromatic carbocycles. The first kappa shape index (κ1) is 22.9. The van der Waals surface area contributed by atoms with Crippen LogP contribution in [0.25, 0.3) is 0 Å². The van der Waals surface area contributed by atoms with E-state index in [4.69, 9.17) is 0 Å². The summed E-state index contributed by atoms with van der Waals surface area (Å²) in [7, 11) is 0. The smallest absolute Gasteiger partial charge is 0.0543 e. The second-order valence-electron chi connectivity index (χ2n) is 12.9. The molecule has 1 nitrogen and oxygen atoms in total. The summed E-state index contributed by atoms with van der Waals surface area (Å²) in [4.78, 5) is 0. The summed E-state index contributed by atoms with van der Waals surface area (Å²) in [5.41, 5.74) is 2.88. The maximum atomic E-state index is 10.3. The number of fused-ring (bicyclic) bond motifs is 5. The number of allylic oxidation sites excluding steroid dienone is 2. The first-order valence-electron chi connectivity index (χ1n) is 13.6. The normalized spacial score (nSPS) is 45.3. The van der Waals surface area contributed by atoms with Gasteiger partial charge in [-0.1, -0.05) is 66.0 Å². The third-order valence-electron chi connectivity index (χ3n) is 11.3. The predicted octanol–water partition coefficient (Wildman–Crippen LogP) is 8.02. The third kappa shape index (κ3) is 3.74. The zero-order valence-electron chi connectivity index (χ0n) is 20.9. The van der Waals surface area contributed by atoms with Crippen LogP contribution in [0.4, 0.5) is 0 Å². The van der Waals surface area contributed by atoms with Crippen molar-refractivity contribution in [3.63, 3.8) is 0 Å². The van der Waals surface area contributed by atoms with E-state index in [9.17, 15) is 5.11 Å². The molecule has 0 saturated heterocycles. The summed E-state index contributed by atoms with van der Waals surface area (Å²) < 4.78 is 0. The van der Waals surface area contributed by atoms with Crippen LogP contribution in [0.3, 0.4) is 0 Å². The van der Waals surface area contributed by atoms with Gasteiger partial charge in [-0.25, -0.2) is 0 Å². The SMILES string of the molecule is CCC(CC[C@H](C)[C@H]1CC[C@@H]2C3=CCC4C[C@@H](O)CC[C@]4(C)[C@@H]3CC[C@@]21C)C(C)C. The van der Waals surface area contributed by atoms with Gasteiger partial charge in [0.05, 0.1) is 6.10 Å². The summed E-state index contributed by atoms with van der Waals surface area (Å²) in [6.45, 7) is 15.1. The van der Waals surface area contributed by atoms with E-state index < -0.39 is 0 Å². The minimum atomic E-state index is -0.0404. The second-order valence-corrected chi connectivity index (χ2v) is 12.9. The minimum absolute atomic E-state index is 0.0404. The summed E-state index contributed by atoms with van der Waals surface area (Å²) in [5, 5.41) is 10.3. The highest BCUT2D eigenvalue weighted by molar-refractivity contribution is 5.27. The van der Waals surface area contributed by atoms with E-state index in [0.717, 1.165) is 54.3 Å². The van der Waals surface area contributed by atoms with E-state index >= 15 is 0 Å². The van der Waals surface area contributed by atoms with Gasteiger partial charge >= 0.3 is 0 Å². The van der Waals surface area contributed by atoms with Crippen molar-refractivity contribution in [1.82, 2.24) is 0 Å². The Balaban J connectivity index is 1.48. The summed E-state index contributed by atoms with van der Waals surface area (Å²) >= 11 is 0. The molecule has 0 aliphatic heterocycles. The van der Waals surface area contributed by atoms with Gasteiger partial charge in [0.25, 0.3) is 0 Å². The van der Waals surface area contributed by atoms with Gasteiger partial charge in [-0.15, -0.1) is 0 Å². The molecule has 2 unspecified atom stereocenters. The van der Waals surface area contributed by atoms with Crippen molar-refractivity contribution in [3.8, 4) is 0 Å². The zero-order valence-corrected chi connectivity index (χ0v) is 20.9. The van der Waals surface area contributed by atoms with Gasteiger partial charge in [0.1, 0.15) is 0 Å². The minimum Gasteiger partial charge on any atom is -0.393 e. The fourth-order valence-corrected chi connectivity index (χ4v) is 9.15. The molecule has 0 aromatic heterocycles. The topological polar surface area (TPSA) is 20.2 Å². The molecule has 172 valence electrons. The van der Waals surface area contributed by atoms with Crippen molar-refractivity contribution in [2.75, 3.05) is 0 Å². The largest absolute Gasteiger partial charge is 0.393 e. The number of hydrogen-bond acceptors (Lipinski definition) is 1. The molecular formula is C29H50O. The maximum Gasteiger partial charge on any atom is 0.0543 e. The highest BCUT2D eigenvalue weighted by Crippen LogP contribution is 2.67. The molecule has 1 heteroatoms. The molecule has 0 spiro atoms. The Bertz CT molecular complexity index is 634. The average molecular weight is 415 g/mol. The van der Waals surface area contributed by atoms with E-state index in [-0.39, 0.29) is 6.10 Å². The van der Waals surface area contributed by atoms with Crippen molar-refractivity contribution < 1.29 is 5.11 Å². The van der Waals surface area contributed by atoms with E-state index in [2.05, 4.69) is 47.6 Å². The van der Waals surface area contributed by atoms with Crippen LogP contribution in [0.15, 0.2) is 11.6 Å². The highest BCUT2D eigenvalue weighted by atomic mass is 16.3. The Labute approximate surface area is 187 Å². The van der Waals surface area contributed by atoms with Gasteiger partial charge in [-0.05, 0) is 110 Å². The van der Waals surface area contributed by atoms with E-state index in [1.165, 1.54) is 57.8 Å². The molecule has 0 heterocycles. The average Bonchev–Trinajstić information content (AvgIpc) is 3.06. The number of rotatable bonds is 6. The third-order valence-corrected chi connectivity index (χ3v) is 11.3. The monoisotopic (exact) mass is 414 g/mol. The van der Waals surface area contributed by atoms with E-state index in [0.29, 0.717) is 10.8 Å².